The van der Waals surface area contributed by atoms with Crippen LogP contribution in [0.4, 0.5) is 0 Å². The summed E-state index contributed by atoms with van der Waals surface area (Å²) in [5.41, 5.74) is 1.22. The van der Waals surface area contributed by atoms with Gasteiger partial charge >= 0.3 is 0 Å². The molecule has 0 unspecified atom stereocenters. The van der Waals surface area contributed by atoms with Crippen LogP contribution in [0.2, 0.25) is 0 Å². The van der Waals surface area contributed by atoms with E-state index in [1.165, 1.54) is 5.56 Å². The summed E-state index contributed by atoms with van der Waals surface area (Å²) in [7, 11) is 0. The van der Waals surface area contributed by atoms with Gasteiger partial charge in [-0.3, -0.25) is 0 Å². The van der Waals surface area contributed by atoms with E-state index in [4.69, 9.17) is 0 Å². The van der Waals surface area contributed by atoms with Crippen molar-refractivity contribution in [1.29, 1.82) is 0 Å². The third-order valence-corrected chi connectivity index (χ3v) is 4.20. The topological polar surface area (TPSA) is 23.5 Å². The molecule has 1 rings (SSSR count). The van der Waals surface area contributed by atoms with E-state index < -0.39 is 0 Å². The molecule has 0 spiro atoms. The van der Waals surface area contributed by atoms with Crippen molar-refractivity contribution < 1.29 is 5.11 Å². The van der Waals surface area contributed by atoms with Crippen LogP contribution in [0, 0.1) is 0 Å². The number of benzene rings is 1. The largest absolute Gasteiger partial charge is 0.395 e. The normalized spacial score (nSPS) is 12.9. The van der Waals surface area contributed by atoms with Gasteiger partial charge in [0.25, 0.3) is 0 Å². The SMILES string of the molecule is CCN(CC)CCS[C@@H](CO)c1ccccc1. The molecular weight excluding hydrogens is 230 g/mol. The second-order valence-electron chi connectivity index (χ2n) is 3.98. The van der Waals surface area contributed by atoms with Gasteiger partial charge in [-0.2, -0.15) is 11.8 Å². The maximum atomic E-state index is 9.42. The fourth-order valence-corrected chi connectivity index (χ4v) is 2.89. The zero-order valence-corrected chi connectivity index (χ0v) is 11.6. The van der Waals surface area contributed by atoms with Crippen LogP contribution in [0.25, 0.3) is 0 Å². The lowest BCUT2D eigenvalue weighted by atomic mass is 10.2. The van der Waals surface area contributed by atoms with E-state index in [2.05, 4.69) is 30.9 Å². The van der Waals surface area contributed by atoms with Gasteiger partial charge in [0.2, 0.25) is 0 Å². The standard InChI is InChI=1S/C14H23NOS/c1-3-15(4-2)10-11-17-14(12-16)13-8-6-5-7-9-13/h5-9,14,16H,3-4,10-12H2,1-2H3/t14-/m0/s1. The number of hydrogen-bond acceptors (Lipinski definition) is 3. The van der Waals surface area contributed by atoms with Gasteiger partial charge in [-0.25, -0.2) is 0 Å². The van der Waals surface area contributed by atoms with Crippen molar-refractivity contribution in [3.8, 4) is 0 Å². The third-order valence-electron chi connectivity index (χ3n) is 2.96. The Balaban J connectivity index is 2.38. The van der Waals surface area contributed by atoms with Crippen molar-refractivity contribution in [2.75, 3.05) is 32.0 Å². The highest BCUT2D eigenvalue weighted by Gasteiger charge is 2.10. The lowest BCUT2D eigenvalue weighted by Crippen LogP contribution is -2.25. The Labute approximate surface area is 109 Å². The van der Waals surface area contributed by atoms with E-state index in [0.29, 0.717) is 0 Å². The van der Waals surface area contributed by atoms with Crippen molar-refractivity contribution in [3.63, 3.8) is 0 Å². The molecule has 3 heteroatoms. The van der Waals surface area contributed by atoms with E-state index in [9.17, 15) is 5.11 Å². The maximum absolute atomic E-state index is 9.42. The smallest absolute Gasteiger partial charge is 0.0591 e. The molecule has 96 valence electrons. The minimum absolute atomic E-state index is 0.215. The number of hydrogen-bond donors (Lipinski definition) is 1. The average Bonchev–Trinajstić information content (AvgIpc) is 2.40. The maximum Gasteiger partial charge on any atom is 0.0591 e. The van der Waals surface area contributed by atoms with Crippen molar-refractivity contribution in [1.82, 2.24) is 4.90 Å². The van der Waals surface area contributed by atoms with Gasteiger partial charge in [-0.15, -0.1) is 0 Å². The molecular formula is C14H23NOS. The summed E-state index contributed by atoms with van der Waals surface area (Å²) < 4.78 is 0. The predicted octanol–water partition coefficient (Wildman–Crippen LogP) is 2.80. The van der Waals surface area contributed by atoms with Gasteiger partial charge in [0.1, 0.15) is 0 Å². The summed E-state index contributed by atoms with van der Waals surface area (Å²) in [6.07, 6.45) is 0. The van der Waals surface area contributed by atoms with Crippen molar-refractivity contribution >= 4 is 11.8 Å². The molecule has 2 nitrogen and oxygen atoms in total. The molecule has 0 aliphatic heterocycles. The van der Waals surface area contributed by atoms with E-state index in [1.54, 1.807) is 0 Å². The molecule has 17 heavy (non-hydrogen) atoms. The predicted molar refractivity (Wildman–Crippen MR) is 76.5 cm³/mol. The van der Waals surface area contributed by atoms with Crippen LogP contribution >= 0.6 is 11.8 Å². The highest BCUT2D eigenvalue weighted by molar-refractivity contribution is 7.99. The van der Waals surface area contributed by atoms with Crippen LogP contribution in [0.5, 0.6) is 0 Å². The van der Waals surface area contributed by atoms with Gasteiger partial charge in [0.05, 0.1) is 11.9 Å². The third kappa shape index (κ3) is 5.11. The highest BCUT2D eigenvalue weighted by atomic mass is 32.2. The summed E-state index contributed by atoms with van der Waals surface area (Å²) >= 11 is 1.84. The number of aliphatic hydroxyl groups is 1. The fourth-order valence-electron chi connectivity index (χ4n) is 1.79. The van der Waals surface area contributed by atoms with Crippen molar-refractivity contribution in [2.45, 2.75) is 19.1 Å². The zero-order valence-electron chi connectivity index (χ0n) is 10.8. The Bertz CT molecular complexity index is 288. The Morgan fingerprint density at radius 2 is 1.82 bits per heavy atom. The molecule has 0 fully saturated rings. The van der Waals surface area contributed by atoms with Crippen LogP contribution < -0.4 is 0 Å². The first-order valence-electron chi connectivity index (χ1n) is 6.31. The number of aliphatic hydroxyl groups excluding tert-OH is 1. The van der Waals surface area contributed by atoms with Gasteiger partial charge in [-0.1, -0.05) is 44.2 Å². The van der Waals surface area contributed by atoms with Gasteiger partial charge < -0.3 is 10.0 Å². The molecule has 1 atom stereocenters. The second-order valence-corrected chi connectivity index (χ2v) is 5.29. The molecule has 0 heterocycles. The first-order valence-corrected chi connectivity index (χ1v) is 7.36. The summed E-state index contributed by atoms with van der Waals surface area (Å²) in [5, 5.41) is 9.64. The molecule has 0 aliphatic rings. The first kappa shape index (κ1) is 14.6. The van der Waals surface area contributed by atoms with E-state index >= 15 is 0 Å². The molecule has 1 aromatic carbocycles. The van der Waals surface area contributed by atoms with Crippen LogP contribution in [-0.2, 0) is 0 Å². The van der Waals surface area contributed by atoms with Crippen LogP contribution in [-0.4, -0.2) is 42.0 Å². The molecule has 1 aromatic rings. The number of rotatable bonds is 8. The molecule has 0 bridgehead atoms. The Hall–Kier alpha value is -0.510. The zero-order chi connectivity index (χ0) is 12.5. The van der Waals surface area contributed by atoms with E-state index in [0.717, 1.165) is 25.4 Å². The van der Waals surface area contributed by atoms with Gasteiger partial charge in [0.15, 0.2) is 0 Å². The quantitative estimate of drug-likeness (QED) is 0.770. The molecule has 0 saturated heterocycles. The summed E-state index contributed by atoms with van der Waals surface area (Å²) in [4.78, 5) is 2.41. The lowest BCUT2D eigenvalue weighted by Gasteiger charge is -2.20. The summed E-state index contributed by atoms with van der Waals surface area (Å²) in [6, 6.07) is 10.3. The molecule has 1 N–H and O–H groups in total. The summed E-state index contributed by atoms with van der Waals surface area (Å²) in [5.74, 6) is 1.07. The fraction of sp³-hybridized carbons (Fsp3) is 0.571. The second kappa shape index (κ2) is 8.56. The van der Waals surface area contributed by atoms with Crippen molar-refractivity contribution in [3.05, 3.63) is 35.9 Å². The van der Waals surface area contributed by atoms with Crippen molar-refractivity contribution in [2.24, 2.45) is 0 Å². The van der Waals surface area contributed by atoms with E-state index in [1.807, 2.05) is 30.0 Å². The molecule has 0 aliphatic carbocycles. The monoisotopic (exact) mass is 253 g/mol. The molecule has 0 radical (unpaired) electrons. The molecule has 0 aromatic heterocycles. The van der Waals surface area contributed by atoms with Gasteiger partial charge in [-0.05, 0) is 18.7 Å². The lowest BCUT2D eigenvalue weighted by molar-refractivity contribution is 0.295. The Morgan fingerprint density at radius 1 is 1.18 bits per heavy atom. The van der Waals surface area contributed by atoms with Crippen LogP contribution in [0.1, 0.15) is 24.7 Å². The van der Waals surface area contributed by atoms with Crippen LogP contribution in [0.3, 0.4) is 0 Å². The average molecular weight is 253 g/mol. The van der Waals surface area contributed by atoms with E-state index in [-0.39, 0.29) is 11.9 Å². The Kier molecular flexibility index (Phi) is 7.33. The Morgan fingerprint density at radius 3 is 2.35 bits per heavy atom. The first-order chi connectivity index (χ1) is 8.31. The minimum Gasteiger partial charge on any atom is -0.395 e. The number of thioether (sulfide) groups is 1. The van der Waals surface area contributed by atoms with Crippen LogP contribution in [0.15, 0.2) is 30.3 Å². The van der Waals surface area contributed by atoms with Gasteiger partial charge in [0, 0.05) is 12.3 Å². The number of nitrogens with zero attached hydrogens (tertiary/aromatic N) is 1. The summed E-state index contributed by atoms with van der Waals surface area (Å²) in [6.45, 7) is 7.90. The highest BCUT2D eigenvalue weighted by Crippen LogP contribution is 2.27. The molecule has 0 saturated carbocycles. The molecule has 0 amide bonds. The minimum atomic E-state index is 0.215.